The van der Waals surface area contributed by atoms with Gasteiger partial charge in [-0.3, -0.25) is 0 Å². The van der Waals surface area contributed by atoms with Gasteiger partial charge in [0.25, 0.3) is 0 Å². The van der Waals surface area contributed by atoms with Crippen LogP contribution < -0.4 is 10.1 Å². The van der Waals surface area contributed by atoms with Gasteiger partial charge in [-0.2, -0.15) is 11.8 Å². The summed E-state index contributed by atoms with van der Waals surface area (Å²) in [6.07, 6.45) is 0. The van der Waals surface area contributed by atoms with Gasteiger partial charge >= 0.3 is 0 Å². The second-order valence-electron chi connectivity index (χ2n) is 3.66. The molecule has 2 nitrogen and oxygen atoms in total. The van der Waals surface area contributed by atoms with Gasteiger partial charge < -0.3 is 10.1 Å². The Morgan fingerprint density at radius 1 is 1.41 bits per heavy atom. The molecule has 1 atom stereocenters. The highest BCUT2D eigenvalue weighted by molar-refractivity contribution is 7.99. The average molecular weight is 257 g/mol. The van der Waals surface area contributed by atoms with Crippen LogP contribution in [0.3, 0.4) is 0 Å². The lowest BCUT2D eigenvalue weighted by atomic mass is 10.1. The fourth-order valence-electron chi connectivity index (χ4n) is 1.66. The quantitative estimate of drug-likeness (QED) is 0.810. The number of thioether (sulfide) groups is 1. The average Bonchev–Trinajstić information content (AvgIpc) is 2.34. The number of ether oxygens (including phenoxy) is 1. The number of benzene rings is 1. The van der Waals surface area contributed by atoms with Crippen LogP contribution in [0.15, 0.2) is 18.2 Å². The van der Waals surface area contributed by atoms with Crippen LogP contribution in [-0.2, 0) is 0 Å². The third-order valence-corrected chi connectivity index (χ3v) is 3.50. The molecule has 0 aromatic heterocycles. The van der Waals surface area contributed by atoms with Crippen LogP contribution in [0, 0.1) is 5.82 Å². The first-order valence-corrected chi connectivity index (χ1v) is 7.02. The number of hydrogen-bond donors (Lipinski definition) is 1. The molecular weight excluding hydrogens is 237 g/mol. The first-order chi connectivity index (χ1) is 8.22. The number of rotatable bonds is 7. The smallest absolute Gasteiger partial charge is 0.131 e. The molecule has 1 aromatic rings. The summed E-state index contributed by atoms with van der Waals surface area (Å²) >= 11 is 1.81. The Labute approximate surface area is 107 Å². The summed E-state index contributed by atoms with van der Waals surface area (Å²) < 4.78 is 18.9. The van der Waals surface area contributed by atoms with Crippen molar-refractivity contribution >= 4 is 11.8 Å². The molecule has 1 rings (SSSR count). The van der Waals surface area contributed by atoms with Crippen molar-refractivity contribution in [3.63, 3.8) is 0 Å². The highest BCUT2D eigenvalue weighted by Gasteiger charge is 2.15. The van der Waals surface area contributed by atoms with E-state index in [-0.39, 0.29) is 11.9 Å². The highest BCUT2D eigenvalue weighted by Crippen LogP contribution is 2.24. The van der Waals surface area contributed by atoms with E-state index >= 15 is 0 Å². The van der Waals surface area contributed by atoms with Crippen molar-refractivity contribution in [2.75, 3.05) is 25.2 Å². The van der Waals surface area contributed by atoms with Gasteiger partial charge in [0.2, 0.25) is 0 Å². The van der Waals surface area contributed by atoms with Crippen molar-refractivity contribution in [1.82, 2.24) is 5.32 Å². The van der Waals surface area contributed by atoms with Crippen molar-refractivity contribution in [2.45, 2.75) is 19.9 Å². The van der Waals surface area contributed by atoms with E-state index in [4.69, 9.17) is 4.74 Å². The zero-order valence-electron chi connectivity index (χ0n) is 10.6. The lowest BCUT2D eigenvalue weighted by Crippen LogP contribution is -2.24. The maximum Gasteiger partial charge on any atom is 0.131 e. The van der Waals surface area contributed by atoms with E-state index in [0.29, 0.717) is 11.3 Å². The number of nitrogens with one attached hydrogen (secondary N) is 1. The van der Waals surface area contributed by atoms with Crippen LogP contribution in [-0.4, -0.2) is 25.2 Å². The summed E-state index contributed by atoms with van der Waals surface area (Å²) in [7, 11) is 1.54. The monoisotopic (exact) mass is 257 g/mol. The summed E-state index contributed by atoms with van der Waals surface area (Å²) in [5.74, 6) is 2.28. The van der Waals surface area contributed by atoms with Gasteiger partial charge in [-0.25, -0.2) is 4.39 Å². The van der Waals surface area contributed by atoms with Crippen LogP contribution in [0.2, 0.25) is 0 Å². The van der Waals surface area contributed by atoms with Gasteiger partial charge in [0.15, 0.2) is 0 Å². The van der Waals surface area contributed by atoms with Gasteiger partial charge in [0.05, 0.1) is 7.11 Å². The van der Waals surface area contributed by atoms with E-state index in [0.717, 1.165) is 18.1 Å². The molecule has 0 aliphatic heterocycles. The Bertz CT molecular complexity index is 346. The van der Waals surface area contributed by atoms with Gasteiger partial charge in [0.1, 0.15) is 11.6 Å². The van der Waals surface area contributed by atoms with Crippen LogP contribution in [0.4, 0.5) is 4.39 Å². The van der Waals surface area contributed by atoms with Gasteiger partial charge in [0, 0.05) is 23.4 Å². The van der Waals surface area contributed by atoms with Crippen molar-refractivity contribution in [3.8, 4) is 5.75 Å². The summed E-state index contributed by atoms with van der Waals surface area (Å²) in [5.41, 5.74) is 0.716. The van der Waals surface area contributed by atoms with Crippen LogP contribution in [0.25, 0.3) is 0 Å². The molecule has 4 heteroatoms. The van der Waals surface area contributed by atoms with Gasteiger partial charge in [-0.15, -0.1) is 0 Å². The first kappa shape index (κ1) is 14.3. The molecule has 0 fully saturated rings. The minimum atomic E-state index is -0.202. The van der Waals surface area contributed by atoms with Crippen LogP contribution >= 0.6 is 11.8 Å². The third-order valence-electron chi connectivity index (χ3n) is 2.52. The second kappa shape index (κ2) is 7.56. The highest BCUT2D eigenvalue weighted by atomic mass is 32.2. The minimum absolute atomic E-state index is 0.0656. The zero-order chi connectivity index (χ0) is 12.7. The minimum Gasteiger partial charge on any atom is -0.497 e. The molecule has 0 heterocycles. The molecule has 0 bridgehead atoms. The molecule has 1 aromatic carbocycles. The predicted octanol–water partition coefficient (Wildman–Crippen LogP) is 3.24. The SMILES string of the molecule is CCNC(CSCC)c1ccc(OC)cc1F. The lowest BCUT2D eigenvalue weighted by molar-refractivity contribution is 0.409. The number of methoxy groups -OCH3 is 1. The van der Waals surface area contributed by atoms with Crippen LogP contribution in [0.5, 0.6) is 5.75 Å². The molecule has 96 valence electrons. The Morgan fingerprint density at radius 3 is 2.71 bits per heavy atom. The topological polar surface area (TPSA) is 21.3 Å². The van der Waals surface area contributed by atoms with E-state index in [2.05, 4.69) is 12.2 Å². The van der Waals surface area contributed by atoms with E-state index < -0.39 is 0 Å². The summed E-state index contributed by atoms with van der Waals surface area (Å²) in [6.45, 7) is 4.98. The Hall–Kier alpha value is -0.740. The standard InChI is InChI=1S/C13H20FNOS/c1-4-15-13(9-17-5-2)11-7-6-10(16-3)8-12(11)14/h6-8,13,15H,4-5,9H2,1-3H3. The van der Waals surface area contributed by atoms with E-state index in [1.54, 1.807) is 19.2 Å². The van der Waals surface area contributed by atoms with E-state index in [9.17, 15) is 4.39 Å². The Morgan fingerprint density at radius 2 is 2.18 bits per heavy atom. The molecule has 0 radical (unpaired) electrons. The normalized spacial score (nSPS) is 12.5. The summed E-state index contributed by atoms with van der Waals surface area (Å²) in [4.78, 5) is 0. The molecule has 0 saturated carbocycles. The lowest BCUT2D eigenvalue weighted by Gasteiger charge is -2.18. The zero-order valence-corrected chi connectivity index (χ0v) is 11.4. The number of hydrogen-bond acceptors (Lipinski definition) is 3. The Kier molecular flexibility index (Phi) is 6.37. The molecule has 0 aliphatic rings. The molecule has 0 saturated heterocycles. The van der Waals surface area contributed by atoms with Crippen molar-refractivity contribution < 1.29 is 9.13 Å². The fraction of sp³-hybridized carbons (Fsp3) is 0.538. The fourth-order valence-corrected chi connectivity index (χ4v) is 2.43. The summed E-state index contributed by atoms with van der Waals surface area (Å²) in [5, 5.41) is 3.31. The molecule has 0 aliphatic carbocycles. The van der Waals surface area contributed by atoms with Gasteiger partial charge in [-0.05, 0) is 18.4 Å². The predicted molar refractivity (Wildman–Crippen MR) is 72.4 cm³/mol. The Balaban J connectivity index is 2.85. The van der Waals surface area contributed by atoms with Crippen molar-refractivity contribution in [1.29, 1.82) is 0 Å². The molecular formula is C13H20FNOS. The molecule has 0 amide bonds. The maximum absolute atomic E-state index is 13.9. The summed E-state index contributed by atoms with van der Waals surface area (Å²) in [6, 6.07) is 5.11. The molecule has 0 spiro atoms. The van der Waals surface area contributed by atoms with E-state index in [1.165, 1.54) is 6.07 Å². The van der Waals surface area contributed by atoms with E-state index in [1.807, 2.05) is 18.7 Å². The van der Waals surface area contributed by atoms with Crippen molar-refractivity contribution in [2.24, 2.45) is 0 Å². The van der Waals surface area contributed by atoms with Gasteiger partial charge in [-0.1, -0.05) is 19.9 Å². The molecule has 17 heavy (non-hydrogen) atoms. The maximum atomic E-state index is 13.9. The third kappa shape index (κ3) is 4.21. The largest absolute Gasteiger partial charge is 0.497 e. The first-order valence-electron chi connectivity index (χ1n) is 5.87. The number of halogens is 1. The van der Waals surface area contributed by atoms with Crippen LogP contribution in [0.1, 0.15) is 25.5 Å². The second-order valence-corrected chi connectivity index (χ2v) is 4.98. The molecule has 1 N–H and O–H groups in total. The van der Waals surface area contributed by atoms with Crippen molar-refractivity contribution in [3.05, 3.63) is 29.6 Å². The molecule has 1 unspecified atom stereocenters.